The lowest BCUT2D eigenvalue weighted by molar-refractivity contribution is 0.102. The van der Waals surface area contributed by atoms with Crippen molar-refractivity contribution in [3.8, 4) is 0 Å². The Morgan fingerprint density at radius 3 is 2.36 bits per heavy atom. The predicted molar refractivity (Wildman–Crippen MR) is 84.7 cm³/mol. The Labute approximate surface area is 135 Å². The zero-order valence-electron chi connectivity index (χ0n) is 11.4. The number of carbonyl (C=O) groups is 1. The number of rotatable bonds is 4. The summed E-state index contributed by atoms with van der Waals surface area (Å²) in [6.45, 7) is 0. The number of halogens is 2. The number of nitrogens with one attached hydrogen (secondary N) is 2. The average molecular weight is 387 g/mol. The van der Waals surface area contributed by atoms with Gasteiger partial charge in [-0.25, -0.2) is 17.5 Å². The van der Waals surface area contributed by atoms with Gasteiger partial charge in [-0.1, -0.05) is 0 Å². The van der Waals surface area contributed by atoms with Gasteiger partial charge in [0.2, 0.25) is 10.0 Å². The van der Waals surface area contributed by atoms with Gasteiger partial charge < -0.3 is 5.32 Å². The first-order chi connectivity index (χ1) is 10.3. The van der Waals surface area contributed by atoms with Crippen molar-refractivity contribution in [2.45, 2.75) is 4.90 Å². The highest BCUT2D eigenvalue weighted by Crippen LogP contribution is 2.22. The van der Waals surface area contributed by atoms with E-state index in [-0.39, 0.29) is 10.5 Å². The fourth-order valence-electron chi connectivity index (χ4n) is 1.70. The van der Waals surface area contributed by atoms with Gasteiger partial charge in [0.15, 0.2) is 0 Å². The maximum atomic E-state index is 12.8. The van der Waals surface area contributed by atoms with E-state index in [1.165, 1.54) is 49.5 Å². The Balaban J connectivity index is 2.33. The van der Waals surface area contributed by atoms with Gasteiger partial charge in [-0.3, -0.25) is 4.79 Å². The summed E-state index contributed by atoms with van der Waals surface area (Å²) in [5, 5.41) is 2.57. The van der Waals surface area contributed by atoms with E-state index in [9.17, 15) is 17.6 Å². The highest BCUT2D eigenvalue weighted by atomic mass is 79.9. The van der Waals surface area contributed by atoms with Crippen LogP contribution in [0.15, 0.2) is 51.8 Å². The van der Waals surface area contributed by atoms with Crippen molar-refractivity contribution in [2.75, 3.05) is 12.4 Å². The highest BCUT2D eigenvalue weighted by Gasteiger charge is 2.17. The molecule has 5 nitrogen and oxygen atoms in total. The molecule has 0 saturated heterocycles. The summed E-state index contributed by atoms with van der Waals surface area (Å²) in [4.78, 5) is 12.2. The molecule has 22 heavy (non-hydrogen) atoms. The van der Waals surface area contributed by atoms with Crippen LogP contribution in [0.4, 0.5) is 10.1 Å². The first-order valence-electron chi connectivity index (χ1n) is 6.13. The van der Waals surface area contributed by atoms with Crippen LogP contribution < -0.4 is 10.0 Å². The Hall–Kier alpha value is -1.77. The number of hydrogen-bond acceptors (Lipinski definition) is 3. The molecule has 0 aromatic heterocycles. The molecule has 0 unspecified atom stereocenters. The van der Waals surface area contributed by atoms with Crippen molar-refractivity contribution in [3.05, 3.63) is 58.3 Å². The van der Waals surface area contributed by atoms with Crippen LogP contribution in [0.5, 0.6) is 0 Å². The molecule has 0 fully saturated rings. The zero-order chi connectivity index (χ0) is 16.3. The summed E-state index contributed by atoms with van der Waals surface area (Å²) in [5.41, 5.74) is 0.556. The van der Waals surface area contributed by atoms with E-state index >= 15 is 0 Å². The topological polar surface area (TPSA) is 75.3 Å². The normalized spacial score (nSPS) is 11.2. The predicted octanol–water partition coefficient (Wildman–Crippen LogP) is 2.75. The second-order valence-corrected chi connectivity index (χ2v) is 7.05. The SMILES string of the molecule is CNS(=O)(=O)c1ccc(Br)c(C(=O)Nc2ccc(F)cc2)c1. The van der Waals surface area contributed by atoms with Gasteiger partial charge >= 0.3 is 0 Å². The van der Waals surface area contributed by atoms with Gasteiger partial charge in [0.25, 0.3) is 5.91 Å². The van der Waals surface area contributed by atoms with E-state index in [1.807, 2.05) is 0 Å². The quantitative estimate of drug-likeness (QED) is 0.847. The van der Waals surface area contributed by atoms with E-state index in [4.69, 9.17) is 0 Å². The first kappa shape index (κ1) is 16.6. The summed E-state index contributed by atoms with van der Waals surface area (Å²) in [6, 6.07) is 9.37. The third-order valence-electron chi connectivity index (χ3n) is 2.86. The number of anilines is 1. The lowest BCUT2D eigenvalue weighted by Gasteiger charge is -2.09. The van der Waals surface area contributed by atoms with Crippen LogP contribution in [-0.4, -0.2) is 21.4 Å². The maximum absolute atomic E-state index is 12.8. The summed E-state index contributed by atoms with van der Waals surface area (Å²) >= 11 is 3.21. The van der Waals surface area contributed by atoms with E-state index in [0.717, 1.165) is 0 Å². The largest absolute Gasteiger partial charge is 0.322 e. The minimum absolute atomic E-state index is 0.0255. The van der Waals surface area contributed by atoms with Crippen LogP contribution in [0, 0.1) is 5.82 Å². The molecule has 0 heterocycles. The molecule has 2 rings (SSSR count). The third kappa shape index (κ3) is 3.70. The fourth-order valence-corrected chi connectivity index (χ4v) is 2.88. The zero-order valence-corrected chi connectivity index (χ0v) is 13.8. The standard InChI is InChI=1S/C14H12BrFN2O3S/c1-17-22(20,21)11-6-7-13(15)12(8-11)14(19)18-10-4-2-9(16)3-5-10/h2-8,17H,1H3,(H,18,19). The van der Waals surface area contributed by atoms with Gasteiger partial charge in [-0.2, -0.15) is 0 Å². The van der Waals surface area contributed by atoms with Gasteiger partial charge in [0, 0.05) is 10.2 Å². The van der Waals surface area contributed by atoms with Crippen molar-refractivity contribution >= 4 is 37.5 Å². The second-order valence-electron chi connectivity index (χ2n) is 4.31. The number of sulfonamides is 1. The monoisotopic (exact) mass is 386 g/mol. The van der Waals surface area contributed by atoms with E-state index in [1.54, 1.807) is 0 Å². The first-order valence-corrected chi connectivity index (χ1v) is 8.41. The van der Waals surface area contributed by atoms with Gasteiger partial charge in [-0.05, 0) is 65.4 Å². The van der Waals surface area contributed by atoms with Crippen molar-refractivity contribution in [1.82, 2.24) is 4.72 Å². The lowest BCUT2D eigenvalue weighted by atomic mass is 10.2. The molecule has 0 saturated carbocycles. The second kappa shape index (κ2) is 6.55. The average Bonchev–Trinajstić information content (AvgIpc) is 2.49. The van der Waals surface area contributed by atoms with Gasteiger partial charge in [0.1, 0.15) is 5.82 Å². The molecule has 1 amide bonds. The Kier molecular flexibility index (Phi) is 4.94. The molecular weight excluding hydrogens is 375 g/mol. The minimum atomic E-state index is -3.65. The summed E-state index contributed by atoms with van der Waals surface area (Å²) in [6.07, 6.45) is 0. The molecule has 0 radical (unpaired) electrons. The minimum Gasteiger partial charge on any atom is -0.322 e. The van der Waals surface area contributed by atoms with E-state index < -0.39 is 21.7 Å². The van der Waals surface area contributed by atoms with Crippen LogP contribution in [0.3, 0.4) is 0 Å². The van der Waals surface area contributed by atoms with Crippen LogP contribution in [-0.2, 0) is 10.0 Å². The molecule has 0 spiro atoms. The van der Waals surface area contributed by atoms with Crippen molar-refractivity contribution < 1.29 is 17.6 Å². The molecule has 8 heteroatoms. The molecule has 2 aromatic carbocycles. The Bertz CT molecular complexity index is 807. The van der Waals surface area contributed by atoms with Crippen LogP contribution in [0.25, 0.3) is 0 Å². The van der Waals surface area contributed by atoms with Crippen molar-refractivity contribution in [1.29, 1.82) is 0 Å². The van der Waals surface area contributed by atoms with E-state index in [0.29, 0.717) is 10.2 Å². The molecule has 0 atom stereocenters. The van der Waals surface area contributed by atoms with Crippen molar-refractivity contribution in [2.24, 2.45) is 0 Å². The summed E-state index contributed by atoms with van der Waals surface area (Å²) in [5.74, 6) is -0.923. The summed E-state index contributed by atoms with van der Waals surface area (Å²) < 4.78 is 39.0. The molecule has 2 N–H and O–H groups in total. The fraction of sp³-hybridized carbons (Fsp3) is 0.0714. The van der Waals surface area contributed by atoms with Crippen LogP contribution in [0.2, 0.25) is 0 Å². The van der Waals surface area contributed by atoms with Crippen LogP contribution in [0.1, 0.15) is 10.4 Å². The van der Waals surface area contributed by atoms with Gasteiger partial charge in [-0.15, -0.1) is 0 Å². The molecule has 0 aliphatic carbocycles. The van der Waals surface area contributed by atoms with Gasteiger partial charge in [0.05, 0.1) is 10.5 Å². The molecule has 0 aliphatic heterocycles. The maximum Gasteiger partial charge on any atom is 0.256 e. The van der Waals surface area contributed by atoms with Crippen molar-refractivity contribution in [3.63, 3.8) is 0 Å². The smallest absolute Gasteiger partial charge is 0.256 e. The molecule has 116 valence electrons. The molecule has 0 bridgehead atoms. The molecule has 2 aromatic rings. The highest BCUT2D eigenvalue weighted by molar-refractivity contribution is 9.10. The number of amides is 1. The summed E-state index contributed by atoms with van der Waals surface area (Å²) in [7, 11) is -2.36. The lowest BCUT2D eigenvalue weighted by Crippen LogP contribution is -2.20. The molecule has 0 aliphatic rings. The third-order valence-corrected chi connectivity index (χ3v) is 4.97. The number of hydrogen-bond donors (Lipinski definition) is 2. The number of carbonyl (C=O) groups excluding carboxylic acids is 1. The van der Waals surface area contributed by atoms with Crippen LogP contribution >= 0.6 is 15.9 Å². The number of benzene rings is 2. The van der Waals surface area contributed by atoms with E-state index in [2.05, 4.69) is 26.0 Å². The molecular formula is C14H12BrFN2O3S. The Morgan fingerprint density at radius 2 is 1.77 bits per heavy atom. The Morgan fingerprint density at radius 1 is 1.14 bits per heavy atom.